The van der Waals surface area contributed by atoms with E-state index in [-0.39, 0.29) is 5.92 Å². The molecular formula is C17H17ClO3. The number of hydrogen-bond acceptors (Lipinski definition) is 3. The molecule has 21 heavy (non-hydrogen) atoms. The van der Waals surface area contributed by atoms with E-state index in [1.54, 1.807) is 19.1 Å². The van der Waals surface area contributed by atoms with Crippen molar-refractivity contribution >= 4 is 11.6 Å². The van der Waals surface area contributed by atoms with Crippen molar-refractivity contribution in [3.63, 3.8) is 0 Å². The van der Waals surface area contributed by atoms with E-state index < -0.39 is 6.10 Å². The Morgan fingerprint density at radius 3 is 2.90 bits per heavy atom. The molecule has 2 atom stereocenters. The molecule has 1 N–H and O–H groups in total. The molecule has 4 heteroatoms. The Balaban J connectivity index is 1.69. The van der Waals surface area contributed by atoms with E-state index in [0.717, 1.165) is 11.3 Å². The standard InChI is InChI=1S/C17H17ClO3/c1-11(19)12-6-7-17(15(18)8-12)21-10-13-9-20-16-5-3-2-4-14(13)16/h2-8,11,13,19H,9-10H2,1H3. The highest BCUT2D eigenvalue weighted by Crippen LogP contribution is 2.35. The van der Waals surface area contributed by atoms with Crippen molar-refractivity contribution in [3.05, 3.63) is 58.6 Å². The average molecular weight is 305 g/mol. The maximum Gasteiger partial charge on any atom is 0.137 e. The van der Waals surface area contributed by atoms with Crippen LogP contribution < -0.4 is 9.47 Å². The minimum atomic E-state index is -0.536. The molecule has 2 aromatic rings. The molecule has 1 aliphatic rings. The number of ether oxygens (including phenoxy) is 2. The summed E-state index contributed by atoms with van der Waals surface area (Å²) in [4.78, 5) is 0. The molecule has 3 nitrogen and oxygen atoms in total. The zero-order valence-electron chi connectivity index (χ0n) is 11.8. The summed E-state index contributed by atoms with van der Waals surface area (Å²) in [5, 5.41) is 10.0. The maximum atomic E-state index is 9.53. The number of halogens is 1. The van der Waals surface area contributed by atoms with Crippen molar-refractivity contribution in [2.45, 2.75) is 18.9 Å². The minimum Gasteiger partial charge on any atom is -0.493 e. The highest BCUT2D eigenvalue weighted by atomic mass is 35.5. The van der Waals surface area contributed by atoms with Gasteiger partial charge in [0, 0.05) is 5.56 Å². The first-order chi connectivity index (χ1) is 10.1. The molecule has 1 heterocycles. The van der Waals surface area contributed by atoms with E-state index >= 15 is 0 Å². The number of fused-ring (bicyclic) bond motifs is 1. The van der Waals surface area contributed by atoms with E-state index in [4.69, 9.17) is 21.1 Å². The molecule has 3 rings (SSSR count). The molecule has 1 aliphatic heterocycles. The lowest BCUT2D eigenvalue weighted by molar-refractivity contribution is 0.199. The molecule has 2 unspecified atom stereocenters. The van der Waals surface area contributed by atoms with Crippen LogP contribution in [-0.4, -0.2) is 18.3 Å². The lowest BCUT2D eigenvalue weighted by Crippen LogP contribution is -2.12. The van der Waals surface area contributed by atoms with Crippen LogP contribution in [0.3, 0.4) is 0 Å². The lowest BCUT2D eigenvalue weighted by Gasteiger charge is -2.13. The van der Waals surface area contributed by atoms with E-state index in [2.05, 4.69) is 6.07 Å². The monoisotopic (exact) mass is 304 g/mol. The van der Waals surface area contributed by atoms with Crippen LogP contribution in [0, 0.1) is 0 Å². The van der Waals surface area contributed by atoms with Gasteiger partial charge in [-0.2, -0.15) is 0 Å². The lowest BCUT2D eigenvalue weighted by atomic mass is 10.0. The molecule has 0 fully saturated rings. The number of hydrogen-bond donors (Lipinski definition) is 1. The molecule has 0 saturated carbocycles. The summed E-state index contributed by atoms with van der Waals surface area (Å²) < 4.78 is 11.5. The van der Waals surface area contributed by atoms with Crippen LogP contribution >= 0.6 is 11.6 Å². The molecular weight excluding hydrogens is 288 g/mol. The maximum absolute atomic E-state index is 9.53. The fraction of sp³-hybridized carbons (Fsp3) is 0.294. The van der Waals surface area contributed by atoms with Gasteiger partial charge in [-0.25, -0.2) is 0 Å². The highest BCUT2D eigenvalue weighted by molar-refractivity contribution is 6.32. The van der Waals surface area contributed by atoms with Gasteiger partial charge in [-0.05, 0) is 30.7 Å². The Morgan fingerprint density at radius 2 is 2.14 bits per heavy atom. The molecule has 0 bridgehead atoms. The topological polar surface area (TPSA) is 38.7 Å². The van der Waals surface area contributed by atoms with Crippen LogP contribution in [0.4, 0.5) is 0 Å². The fourth-order valence-electron chi connectivity index (χ4n) is 2.45. The quantitative estimate of drug-likeness (QED) is 0.929. The van der Waals surface area contributed by atoms with E-state index in [0.29, 0.717) is 24.0 Å². The van der Waals surface area contributed by atoms with Crippen molar-refractivity contribution in [2.75, 3.05) is 13.2 Å². The zero-order valence-corrected chi connectivity index (χ0v) is 12.5. The second kappa shape index (κ2) is 5.96. The highest BCUT2D eigenvalue weighted by Gasteiger charge is 2.24. The fourth-order valence-corrected chi connectivity index (χ4v) is 2.70. The molecule has 0 aliphatic carbocycles. The molecule has 0 radical (unpaired) electrons. The number of para-hydroxylation sites is 1. The second-order valence-corrected chi connectivity index (χ2v) is 5.63. The summed E-state index contributed by atoms with van der Waals surface area (Å²) in [5.74, 6) is 1.78. The zero-order chi connectivity index (χ0) is 14.8. The average Bonchev–Trinajstić information content (AvgIpc) is 2.89. The summed E-state index contributed by atoms with van der Waals surface area (Å²) in [5.41, 5.74) is 1.95. The van der Waals surface area contributed by atoms with Crippen LogP contribution in [0.1, 0.15) is 30.1 Å². The van der Waals surface area contributed by atoms with Crippen LogP contribution in [0.15, 0.2) is 42.5 Å². The Kier molecular flexibility index (Phi) is 4.04. The predicted molar refractivity (Wildman–Crippen MR) is 82.3 cm³/mol. The summed E-state index contributed by atoms with van der Waals surface area (Å²) >= 11 is 6.19. The molecule has 0 aromatic heterocycles. The predicted octanol–water partition coefficient (Wildman–Crippen LogP) is 3.95. The van der Waals surface area contributed by atoms with E-state index in [1.807, 2.05) is 24.3 Å². The minimum absolute atomic E-state index is 0.216. The molecule has 0 spiro atoms. The number of benzene rings is 2. The van der Waals surface area contributed by atoms with Crippen molar-refractivity contribution in [1.82, 2.24) is 0 Å². The normalized spacial score (nSPS) is 18.0. The van der Waals surface area contributed by atoms with Gasteiger partial charge in [0.25, 0.3) is 0 Å². The van der Waals surface area contributed by atoms with Gasteiger partial charge in [0.15, 0.2) is 0 Å². The first-order valence-corrected chi connectivity index (χ1v) is 7.35. The van der Waals surface area contributed by atoms with Gasteiger partial charge in [0.1, 0.15) is 11.5 Å². The Bertz CT molecular complexity index is 640. The largest absolute Gasteiger partial charge is 0.493 e. The second-order valence-electron chi connectivity index (χ2n) is 5.22. The van der Waals surface area contributed by atoms with Gasteiger partial charge in [-0.15, -0.1) is 0 Å². The van der Waals surface area contributed by atoms with Gasteiger partial charge < -0.3 is 14.6 Å². The van der Waals surface area contributed by atoms with Crippen LogP contribution in [-0.2, 0) is 0 Å². The van der Waals surface area contributed by atoms with Crippen molar-refractivity contribution in [2.24, 2.45) is 0 Å². The molecule has 0 amide bonds. The summed E-state index contributed by atoms with van der Waals surface area (Å²) in [7, 11) is 0. The van der Waals surface area contributed by atoms with Crippen LogP contribution in [0.2, 0.25) is 5.02 Å². The number of aliphatic hydroxyl groups excluding tert-OH is 1. The van der Waals surface area contributed by atoms with E-state index in [9.17, 15) is 5.11 Å². The van der Waals surface area contributed by atoms with Gasteiger partial charge in [-0.1, -0.05) is 35.9 Å². The molecule has 0 saturated heterocycles. The third-order valence-electron chi connectivity index (χ3n) is 3.68. The Morgan fingerprint density at radius 1 is 1.33 bits per heavy atom. The third kappa shape index (κ3) is 2.99. The summed E-state index contributed by atoms with van der Waals surface area (Å²) in [6, 6.07) is 13.4. The van der Waals surface area contributed by atoms with Gasteiger partial charge in [0.2, 0.25) is 0 Å². The number of rotatable bonds is 4. The first kappa shape index (κ1) is 14.2. The smallest absolute Gasteiger partial charge is 0.137 e. The van der Waals surface area contributed by atoms with Gasteiger partial charge in [0.05, 0.1) is 30.3 Å². The Hall–Kier alpha value is -1.71. The van der Waals surface area contributed by atoms with Crippen LogP contribution in [0.25, 0.3) is 0 Å². The van der Waals surface area contributed by atoms with Gasteiger partial charge >= 0.3 is 0 Å². The molecule has 110 valence electrons. The molecule has 2 aromatic carbocycles. The van der Waals surface area contributed by atoms with Crippen molar-refractivity contribution in [1.29, 1.82) is 0 Å². The van der Waals surface area contributed by atoms with Crippen molar-refractivity contribution < 1.29 is 14.6 Å². The summed E-state index contributed by atoms with van der Waals surface area (Å²) in [6.45, 7) is 2.85. The third-order valence-corrected chi connectivity index (χ3v) is 3.97. The first-order valence-electron chi connectivity index (χ1n) is 6.97. The van der Waals surface area contributed by atoms with Crippen LogP contribution in [0.5, 0.6) is 11.5 Å². The number of aliphatic hydroxyl groups is 1. The SMILES string of the molecule is CC(O)c1ccc(OCC2COc3ccccc32)c(Cl)c1. The van der Waals surface area contributed by atoms with E-state index in [1.165, 1.54) is 5.56 Å². The van der Waals surface area contributed by atoms with Crippen molar-refractivity contribution in [3.8, 4) is 11.5 Å². The Labute approximate surface area is 129 Å². The van der Waals surface area contributed by atoms with Gasteiger partial charge in [-0.3, -0.25) is 0 Å². The summed E-state index contributed by atoms with van der Waals surface area (Å²) in [6.07, 6.45) is -0.536.